The Labute approximate surface area is 213 Å². The number of hydrogen-bond acceptors (Lipinski definition) is 10. The molecule has 0 aliphatic carbocycles. The largest absolute Gasteiger partial charge is 0.488 e. The molecule has 0 saturated carbocycles. The summed E-state index contributed by atoms with van der Waals surface area (Å²) in [6, 6.07) is 13.0. The molecule has 3 fully saturated rings. The first-order valence-electron chi connectivity index (χ1n) is 12.0. The number of fused-ring (bicyclic) bond motifs is 1. The van der Waals surface area contributed by atoms with E-state index >= 15 is 0 Å². The number of ether oxygens (including phenoxy) is 7. The summed E-state index contributed by atoms with van der Waals surface area (Å²) in [5, 5.41) is 11.4. The minimum Gasteiger partial charge on any atom is -0.488 e. The van der Waals surface area contributed by atoms with Gasteiger partial charge in [-0.3, -0.25) is 10.1 Å². The quantitative estimate of drug-likeness (QED) is 0.306. The first-order chi connectivity index (χ1) is 17.5. The topological polar surface area (TPSA) is 125 Å². The molecule has 0 bridgehead atoms. The van der Waals surface area contributed by atoms with E-state index in [1.807, 2.05) is 30.3 Å². The Morgan fingerprint density at radius 3 is 2.46 bits per heavy atom. The zero-order chi connectivity index (χ0) is 26.4. The van der Waals surface area contributed by atoms with Gasteiger partial charge >= 0.3 is 5.97 Å². The van der Waals surface area contributed by atoms with Crippen LogP contribution in [0.25, 0.3) is 0 Å². The monoisotopic (exact) mass is 515 g/mol. The molecule has 5 atom stereocenters. The predicted molar refractivity (Wildman–Crippen MR) is 127 cm³/mol. The van der Waals surface area contributed by atoms with Gasteiger partial charge in [0.25, 0.3) is 5.69 Å². The van der Waals surface area contributed by atoms with E-state index in [4.69, 9.17) is 33.2 Å². The minimum atomic E-state index is -0.936. The molecular formula is C26H29NO10. The summed E-state index contributed by atoms with van der Waals surface area (Å²) in [5.41, 5.74) is 0.653. The Bertz CT molecular complexity index is 1170. The Morgan fingerprint density at radius 1 is 1.03 bits per heavy atom. The van der Waals surface area contributed by atoms with Crippen LogP contribution >= 0.6 is 0 Å². The molecule has 0 amide bonds. The number of carbonyl (C=O) groups is 1. The van der Waals surface area contributed by atoms with Crippen LogP contribution in [0.4, 0.5) is 5.69 Å². The second kappa shape index (κ2) is 9.66. The van der Waals surface area contributed by atoms with Crippen LogP contribution in [-0.4, -0.2) is 59.8 Å². The Balaban J connectivity index is 1.40. The van der Waals surface area contributed by atoms with Gasteiger partial charge in [0.15, 0.2) is 30.1 Å². The van der Waals surface area contributed by atoms with Crippen molar-refractivity contribution in [1.29, 1.82) is 0 Å². The number of carbonyl (C=O) groups excluding carboxylic acids is 1. The van der Waals surface area contributed by atoms with Gasteiger partial charge in [-0.15, -0.1) is 0 Å². The van der Waals surface area contributed by atoms with Gasteiger partial charge in [-0.25, -0.2) is 4.79 Å². The zero-order valence-electron chi connectivity index (χ0n) is 20.9. The number of benzene rings is 2. The number of nitrogens with zero attached hydrogens (tertiary/aromatic N) is 1. The van der Waals surface area contributed by atoms with Gasteiger partial charge in [0.05, 0.1) is 17.6 Å². The molecule has 3 heterocycles. The second-order valence-corrected chi connectivity index (χ2v) is 10.0. The van der Waals surface area contributed by atoms with Crippen molar-refractivity contribution >= 4 is 11.7 Å². The maximum atomic E-state index is 13.5. The van der Waals surface area contributed by atoms with Crippen molar-refractivity contribution in [2.45, 2.75) is 76.6 Å². The minimum absolute atomic E-state index is 0.0283. The fraction of sp³-hybridized carbons (Fsp3) is 0.500. The summed E-state index contributed by atoms with van der Waals surface area (Å²) < 4.78 is 41.4. The van der Waals surface area contributed by atoms with Crippen molar-refractivity contribution in [3.8, 4) is 5.75 Å². The van der Waals surface area contributed by atoms with Crippen LogP contribution in [-0.2, 0) is 35.0 Å². The van der Waals surface area contributed by atoms with E-state index in [0.717, 1.165) is 5.56 Å². The molecule has 3 saturated heterocycles. The number of nitro benzene ring substituents is 1. The third-order valence-corrected chi connectivity index (χ3v) is 6.30. The molecule has 0 N–H and O–H groups in total. The molecule has 3 aliphatic heterocycles. The van der Waals surface area contributed by atoms with Crippen molar-refractivity contribution in [3.63, 3.8) is 0 Å². The number of rotatable bonds is 7. The van der Waals surface area contributed by atoms with Crippen molar-refractivity contribution in [2.24, 2.45) is 0 Å². The number of non-ortho nitro benzene ring substituents is 1. The van der Waals surface area contributed by atoms with Crippen LogP contribution < -0.4 is 4.74 Å². The molecular weight excluding hydrogens is 486 g/mol. The molecule has 0 unspecified atom stereocenters. The maximum Gasteiger partial charge on any atom is 0.342 e. The molecule has 2 aromatic rings. The first-order valence-corrected chi connectivity index (χ1v) is 12.0. The Hall–Kier alpha value is -3.09. The molecule has 5 rings (SSSR count). The van der Waals surface area contributed by atoms with E-state index in [1.54, 1.807) is 27.7 Å². The number of nitro groups is 1. The Morgan fingerprint density at radius 2 is 1.78 bits per heavy atom. The second-order valence-electron chi connectivity index (χ2n) is 10.0. The van der Waals surface area contributed by atoms with Crippen LogP contribution in [0.3, 0.4) is 0 Å². The van der Waals surface area contributed by atoms with Crippen LogP contribution in [0, 0.1) is 10.1 Å². The molecule has 198 valence electrons. The average Bonchev–Trinajstić information content (AvgIpc) is 3.47. The van der Waals surface area contributed by atoms with E-state index in [1.165, 1.54) is 18.2 Å². The van der Waals surface area contributed by atoms with E-state index in [-0.39, 0.29) is 30.2 Å². The summed E-state index contributed by atoms with van der Waals surface area (Å²) in [7, 11) is 0. The summed E-state index contributed by atoms with van der Waals surface area (Å²) in [6.07, 6.45) is -3.61. The van der Waals surface area contributed by atoms with Gasteiger partial charge in [-0.2, -0.15) is 0 Å². The van der Waals surface area contributed by atoms with Crippen molar-refractivity contribution in [2.75, 3.05) is 6.61 Å². The highest BCUT2D eigenvalue weighted by Crippen LogP contribution is 2.42. The van der Waals surface area contributed by atoms with E-state index < -0.39 is 53.2 Å². The van der Waals surface area contributed by atoms with E-state index in [2.05, 4.69) is 0 Å². The van der Waals surface area contributed by atoms with Gasteiger partial charge in [0, 0.05) is 6.07 Å². The highest BCUT2D eigenvalue weighted by Gasteiger charge is 2.60. The van der Waals surface area contributed by atoms with Crippen LogP contribution in [0.1, 0.15) is 43.6 Å². The predicted octanol–water partition coefficient (Wildman–Crippen LogP) is 3.73. The smallest absolute Gasteiger partial charge is 0.342 e. The molecule has 0 aromatic heterocycles. The van der Waals surface area contributed by atoms with Crippen LogP contribution in [0.5, 0.6) is 5.75 Å². The van der Waals surface area contributed by atoms with Crippen LogP contribution in [0.15, 0.2) is 48.5 Å². The van der Waals surface area contributed by atoms with Gasteiger partial charge < -0.3 is 33.2 Å². The number of hydrogen-bond donors (Lipinski definition) is 0. The molecule has 0 spiro atoms. The molecule has 2 aromatic carbocycles. The number of esters is 1. The standard InChI is InChI=1S/C26H29NO10/c1-25(2)32-14-19(35-25)20-21(22-24(34-20)37-26(3,4)36-22)33-23(28)17-11-10-16(27(29)30)12-18(17)31-13-15-8-6-5-7-9-15/h5-12,19-22,24H,13-14H2,1-4H3/t19-,20-,21+,22-,24-/m1/s1. The van der Waals surface area contributed by atoms with Crippen molar-refractivity contribution in [1.82, 2.24) is 0 Å². The highest BCUT2D eigenvalue weighted by atomic mass is 16.8. The van der Waals surface area contributed by atoms with E-state index in [9.17, 15) is 14.9 Å². The van der Waals surface area contributed by atoms with E-state index in [0.29, 0.717) is 0 Å². The zero-order valence-corrected chi connectivity index (χ0v) is 20.9. The van der Waals surface area contributed by atoms with Gasteiger partial charge in [-0.1, -0.05) is 30.3 Å². The first kappa shape index (κ1) is 25.6. The average molecular weight is 516 g/mol. The molecule has 37 heavy (non-hydrogen) atoms. The lowest BCUT2D eigenvalue weighted by molar-refractivity contribution is -0.384. The fourth-order valence-corrected chi connectivity index (χ4v) is 4.65. The summed E-state index contributed by atoms with van der Waals surface area (Å²) in [5.74, 6) is -2.48. The normalized spacial score (nSPS) is 29.6. The summed E-state index contributed by atoms with van der Waals surface area (Å²) in [4.78, 5) is 24.3. The van der Waals surface area contributed by atoms with Crippen molar-refractivity contribution in [3.05, 3.63) is 69.8 Å². The third kappa shape index (κ3) is 5.46. The molecule has 3 aliphatic rings. The molecule has 11 nitrogen and oxygen atoms in total. The SMILES string of the molecule is CC1(C)O[C@H]2O[C@H]([C@H]3COC(C)(C)O3)[C@H](OC(=O)c3ccc([N+](=O)[O-])cc3OCc3ccccc3)[C@H]2O1. The molecule has 0 radical (unpaired) electrons. The maximum absolute atomic E-state index is 13.5. The fourth-order valence-electron chi connectivity index (χ4n) is 4.65. The van der Waals surface area contributed by atoms with Crippen molar-refractivity contribution < 1.29 is 42.9 Å². The van der Waals surface area contributed by atoms with Gasteiger partial charge in [0.1, 0.15) is 30.1 Å². The lowest BCUT2D eigenvalue weighted by Gasteiger charge is -2.29. The summed E-state index contributed by atoms with van der Waals surface area (Å²) >= 11 is 0. The van der Waals surface area contributed by atoms with Crippen LogP contribution in [0.2, 0.25) is 0 Å². The third-order valence-electron chi connectivity index (χ3n) is 6.30. The summed E-state index contributed by atoms with van der Waals surface area (Å²) in [6.45, 7) is 7.40. The highest BCUT2D eigenvalue weighted by molar-refractivity contribution is 5.93. The van der Waals surface area contributed by atoms with Gasteiger partial charge in [-0.05, 0) is 39.3 Å². The lowest BCUT2D eigenvalue weighted by Crippen LogP contribution is -2.45. The Kier molecular flexibility index (Phi) is 6.67. The van der Waals surface area contributed by atoms with Gasteiger partial charge in [0.2, 0.25) is 0 Å². The lowest BCUT2D eigenvalue weighted by atomic mass is 10.1. The molecule has 11 heteroatoms.